The van der Waals surface area contributed by atoms with Gasteiger partial charge >= 0.3 is 0 Å². The predicted octanol–water partition coefficient (Wildman–Crippen LogP) is 3.13. The van der Waals surface area contributed by atoms with E-state index in [9.17, 15) is 4.79 Å². The number of amides is 1. The summed E-state index contributed by atoms with van der Waals surface area (Å²) in [7, 11) is 3.16. The van der Waals surface area contributed by atoms with Crippen LogP contribution in [0.2, 0.25) is 0 Å². The number of ether oxygens (including phenoxy) is 3. The zero-order valence-electron chi connectivity index (χ0n) is 14.4. The Morgan fingerprint density at radius 2 is 2.12 bits per heavy atom. The summed E-state index contributed by atoms with van der Waals surface area (Å²) in [6, 6.07) is 5.50. The van der Waals surface area contributed by atoms with Crippen LogP contribution >= 0.6 is 11.3 Å². The average molecular weight is 363 g/mol. The minimum absolute atomic E-state index is 0.287. The molecule has 7 nitrogen and oxygen atoms in total. The maximum Gasteiger partial charge on any atom is 0.250 e. The molecule has 25 heavy (non-hydrogen) atoms. The zero-order valence-corrected chi connectivity index (χ0v) is 15.3. The van der Waals surface area contributed by atoms with Gasteiger partial charge in [-0.1, -0.05) is 24.3 Å². The number of hydrogen-bond acceptors (Lipinski definition) is 7. The Balaban J connectivity index is 1.98. The Kier molecular flexibility index (Phi) is 7.36. The van der Waals surface area contributed by atoms with Gasteiger partial charge in [-0.05, 0) is 30.2 Å². The summed E-state index contributed by atoms with van der Waals surface area (Å²) in [5.41, 5.74) is 0.827. The smallest absolute Gasteiger partial charge is 0.250 e. The highest BCUT2D eigenvalue weighted by Crippen LogP contribution is 2.28. The molecule has 2 aromatic rings. The summed E-state index contributed by atoms with van der Waals surface area (Å²) >= 11 is 1.27. The van der Waals surface area contributed by atoms with Crippen molar-refractivity contribution in [2.24, 2.45) is 0 Å². The molecule has 134 valence electrons. The lowest BCUT2D eigenvalue weighted by molar-refractivity contribution is -0.111. The summed E-state index contributed by atoms with van der Waals surface area (Å²) in [4.78, 5) is 12.0. The molecule has 0 unspecified atom stereocenters. The molecule has 0 aliphatic rings. The summed E-state index contributed by atoms with van der Waals surface area (Å²) in [6.07, 6.45) is 4.04. The van der Waals surface area contributed by atoms with Crippen molar-refractivity contribution in [2.75, 3.05) is 26.1 Å². The first-order valence-electron chi connectivity index (χ1n) is 7.77. The van der Waals surface area contributed by atoms with Gasteiger partial charge in [-0.2, -0.15) is 0 Å². The molecule has 0 radical (unpaired) electrons. The highest BCUT2D eigenvalue weighted by Gasteiger charge is 2.07. The Hall–Kier alpha value is -2.45. The number of aromatic nitrogens is 2. The van der Waals surface area contributed by atoms with Crippen LogP contribution in [0.5, 0.6) is 11.5 Å². The maximum atomic E-state index is 12.0. The minimum atomic E-state index is -0.287. The number of nitrogens with one attached hydrogen (secondary N) is 1. The molecule has 1 heterocycles. The first-order chi connectivity index (χ1) is 12.2. The highest BCUT2D eigenvalue weighted by molar-refractivity contribution is 7.15. The molecule has 1 amide bonds. The average Bonchev–Trinajstić information content (AvgIpc) is 3.05. The number of hydrogen-bond donors (Lipinski definition) is 1. The Morgan fingerprint density at radius 1 is 1.28 bits per heavy atom. The summed E-state index contributed by atoms with van der Waals surface area (Å²) in [6.45, 7) is 3.04. The van der Waals surface area contributed by atoms with E-state index in [0.29, 0.717) is 34.9 Å². The van der Waals surface area contributed by atoms with Crippen molar-refractivity contribution in [3.8, 4) is 11.5 Å². The monoisotopic (exact) mass is 363 g/mol. The van der Waals surface area contributed by atoms with E-state index in [1.807, 2.05) is 25.1 Å². The molecule has 0 aliphatic heterocycles. The zero-order chi connectivity index (χ0) is 18.1. The fourth-order valence-electron chi connectivity index (χ4n) is 1.92. The Morgan fingerprint density at radius 3 is 2.84 bits per heavy atom. The van der Waals surface area contributed by atoms with E-state index in [1.54, 1.807) is 20.3 Å². The third kappa shape index (κ3) is 5.84. The van der Waals surface area contributed by atoms with Crippen LogP contribution in [0, 0.1) is 0 Å². The quantitative estimate of drug-likeness (QED) is 0.689. The van der Waals surface area contributed by atoms with Gasteiger partial charge in [0, 0.05) is 13.2 Å². The summed E-state index contributed by atoms with van der Waals surface area (Å²) < 4.78 is 15.9. The summed E-state index contributed by atoms with van der Waals surface area (Å²) in [5, 5.41) is 11.6. The lowest BCUT2D eigenvalue weighted by atomic mass is 10.2. The molecule has 0 aliphatic carbocycles. The number of benzene rings is 1. The van der Waals surface area contributed by atoms with Crippen LogP contribution in [0.1, 0.15) is 23.9 Å². The van der Waals surface area contributed by atoms with E-state index in [-0.39, 0.29) is 5.91 Å². The van der Waals surface area contributed by atoms with Gasteiger partial charge in [0.2, 0.25) is 11.0 Å². The van der Waals surface area contributed by atoms with Gasteiger partial charge in [0.05, 0.1) is 13.7 Å². The van der Waals surface area contributed by atoms with Crippen molar-refractivity contribution < 1.29 is 19.0 Å². The molecule has 1 aromatic heterocycles. The minimum Gasteiger partial charge on any atom is -0.493 e. The lowest BCUT2D eigenvalue weighted by Gasteiger charge is -2.10. The van der Waals surface area contributed by atoms with E-state index in [0.717, 1.165) is 12.0 Å². The standard InChI is InChI=1S/C17H21N3O4S/c1-4-9-24-13-7-5-12(10-14(13)23-3)6-8-15(21)18-17-20-19-16(25-17)11-22-2/h5-8,10H,4,9,11H2,1-3H3,(H,18,20,21)/b8-6+. The van der Waals surface area contributed by atoms with Crippen molar-refractivity contribution in [3.63, 3.8) is 0 Å². The van der Waals surface area contributed by atoms with Gasteiger partial charge < -0.3 is 14.2 Å². The molecule has 0 atom stereocenters. The van der Waals surface area contributed by atoms with Crippen molar-refractivity contribution in [3.05, 3.63) is 34.8 Å². The number of rotatable bonds is 9. The topological polar surface area (TPSA) is 82.6 Å². The second kappa shape index (κ2) is 9.75. The lowest BCUT2D eigenvalue weighted by Crippen LogP contribution is -2.07. The van der Waals surface area contributed by atoms with Crippen LogP contribution in [-0.4, -0.2) is 36.9 Å². The molecule has 0 spiro atoms. The molecule has 0 saturated carbocycles. The van der Waals surface area contributed by atoms with Crippen LogP contribution in [-0.2, 0) is 16.1 Å². The van der Waals surface area contributed by atoms with Gasteiger partial charge in [0.25, 0.3) is 0 Å². The maximum absolute atomic E-state index is 12.0. The molecule has 8 heteroatoms. The van der Waals surface area contributed by atoms with Gasteiger partial charge in [0.1, 0.15) is 11.6 Å². The van der Waals surface area contributed by atoms with Crippen LogP contribution in [0.15, 0.2) is 24.3 Å². The van der Waals surface area contributed by atoms with Crippen LogP contribution < -0.4 is 14.8 Å². The molecule has 0 bridgehead atoms. The van der Waals surface area contributed by atoms with E-state index >= 15 is 0 Å². The fraction of sp³-hybridized carbons (Fsp3) is 0.353. The van der Waals surface area contributed by atoms with Gasteiger partial charge in [-0.15, -0.1) is 10.2 Å². The van der Waals surface area contributed by atoms with Gasteiger partial charge in [0.15, 0.2) is 11.5 Å². The number of nitrogens with zero attached hydrogens (tertiary/aromatic N) is 2. The van der Waals surface area contributed by atoms with E-state index in [4.69, 9.17) is 14.2 Å². The Labute approximate surface area is 150 Å². The van der Waals surface area contributed by atoms with E-state index in [2.05, 4.69) is 15.5 Å². The number of methoxy groups -OCH3 is 2. The first kappa shape index (κ1) is 18.9. The molecular weight excluding hydrogens is 342 g/mol. The van der Waals surface area contributed by atoms with Crippen LogP contribution in [0.4, 0.5) is 5.13 Å². The SMILES string of the molecule is CCCOc1ccc(/C=C/C(=O)Nc2nnc(COC)s2)cc1OC. The van der Waals surface area contributed by atoms with E-state index in [1.165, 1.54) is 17.4 Å². The molecular formula is C17H21N3O4S. The third-order valence-electron chi connectivity index (χ3n) is 3.04. The molecule has 1 N–H and O–H groups in total. The number of carbonyl (C=O) groups is 1. The first-order valence-corrected chi connectivity index (χ1v) is 8.59. The summed E-state index contributed by atoms with van der Waals surface area (Å²) in [5.74, 6) is 1.03. The van der Waals surface area contributed by atoms with Crippen LogP contribution in [0.25, 0.3) is 6.08 Å². The van der Waals surface area contributed by atoms with Gasteiger partial charge in [-0.25, -0.2) is 0 Å². The second-order valence-corrected chi connectivity index (χ2v) is 6.08. The number of anilines is 1. The fourth-order valence-corrected chi connectivity index (χ4v) is 2.64. The van der Waals surface area contributed by atoms with Crippen molar-refractivity contribution in [2.45, 2.75) is 20.0 Å². The van der Waals surface area contributed by atoms with Crippen molar-refractivity contribution >= 4 is 28.5 Å². The van der Waals surface area contributed by atoms with Crippen molar-refractivity contribution in [1.82, 2.24) is 10.2 Å². The molecule has 0 saturated heterocycles. The molecule has 0 fully saturated rings. The van der Waals surface area contributed by atoms with Crippen molar-refractivity contribution in [1.29, 1.82) is 0 Å². The van der Waals surface area contributed by atoms with E-state index < -0.39 is 0 Å². The third-order valence-corrected chi connectivity index (χ3v) is 3.85. The van der Waals surface area contributed by atoms with Gasteiger partial charge in [-0.3, -0.25) is 10.1 Å². The predicted molar refractivity (Wildman–Crippen MR) is 97.1 cm³/mol. The second-order valence-electron chi connectivity index (χ2n) is 5.02. The largest absolute Gasteiger partial charge is 0.493 e. The normalized spacial score (nSPS) is 10.8. The number of carbonyl (C=O) groups excluding carboxylic acids is 1. The molecule has 1 aromatic carbocycles. The van der Waals surface area contributed by atoms with Crippen LogP contribution in [0.3, 0.4) is 0 Å². The highest BCUT2D eigenvalue weighted by atomic mass is 32.1. The molecule has 2 rings (SSSR count). The Bertz CT molecular complexity index is 730.